The first-order valence-electron chi connectivity index (χ1n) is 12.3. The van der Waals surface area contributed by atoms with Gasteiger partial charge >= 0.3 is 6.03 Å². The second-order valence-electron chi connectivity index (χ2n) is 9.32. The van der Waals surface area contributed by atoms with Crippen LogP contribution in [-0.4, -0.2) is 47.5 Å². The Hall–Kier alpha value is -3.88. The van der Waals surface area contributed by atoms with Crippen LogP contribution < -0.4 is 19.7 Å². The molecule has 1 N–H and O–H groups in total. The van der Waals surface area contributed by atoms with Crippen molar-refractivity contribution in [2.75, 3.05) is 18.6 Å². The highest BCUT2D eigenvalue weighted by Crippen LogP contribution is 2.35. The number of rotatable bonds is 5. The van der Waals surface area contributed by atoms with Crippen LogP contribution in [0.15, 0.2) is 54.9 Å². The number of halogens is 1. The number of amides is 2. The maximum atomic E-state index is 13.5. The number of nitrogens with one attached hydrogen (secondary N) is 1. The fourth-order valence-electron chi connectivity index (χ4n) is 4.69. The molecule has 1 saturated carbocycles. The van der Waals surface area contributed by atoms with Crippen LogP contribution in [0.25, 0.3) is 0 Å². The molecule has 1 fully saturated rings. The average Bonchev–Trinajstić information content (AvgIpc) is 3.31. The average molecular weight is 493 g/mol. The van der Waals surface area contributed by atoms with Crippen molar-refractivity contribution in [1.29, 1.82) is 0 Å². The molecule has 3 aromatic rings. The summed E-state index contributed by atoms with van der Waals surface area (Å²) in [7, 11) is 1.66. The van der Waals surface area contributed by atoms with Crippen molar-refractivity contribution in [3.05, 3.63) is 71.8 Å². The summed E-state index contributed by atoms with van der Waals surface area (Å²) in [5.41, 5.74) is 2.12. The first kappa shape index (κ1) is 23.8. The van der Waals surface area contributed by atoms with Gasteiger partial charge in [-0.25, -0.2) is 9.18 Å². The van der Waals surface area contributed by atoms with Crippen LogP contribution in [0.4, 0.5) is 14.9 Å². The van der Waals surface area contributed by atoms with Gasteiger partial charge in [-0.05, 0) is 61.1 Å². The van der Waals surface area contributed by atoms with Crippen LogP contribution in [0.3, 0.4) is 0 Å². The number of benzene rings is 2. The van der Waals surface area contributed by atoms with E-state index in [1.165, 1.54) is 36.3 Å². The van der Waals surface area contributed by atoms with Gasteiger partial charge in [0.1, 0.15) is 30.0 Å². The summed E-state index contributed by atoms with van der Waals surface area (Å²) in [5, 5.41) is 6.81. The zero-order chi connectivity index (χ0) is 25.1. The molecule has 1 aromatic heterocycles. The summed E-state index contributed by atoms with van der Waals surface area (Å²) in [6.45, 7) is -0.0117. The Labute approximate surface area is 209 Å². The van der Waals surface area contributed by atoms with Crippen molar-refractivity contribution in [2.24, 2.45) is 0 Å². The Morgan fingerprint density at radius 2 is 2.00 bits per heavy atom. The second-order valence-corrected chi connectivity index (χ2v) is 9.32. The number of ether oxygens (including phenoxy) is 2. The minimum absolute atomic E-state index is 0.0117. The van der Waals surface area contributed by atoms with E-state index in [-0.39, 0.29) is 24.4 Å². The van der Waals surface area contributed by atoms with E-state index in [9.17, 15) is 14.0 Å². The van der Waals surface area contributed by atoms with Gasteiger partial charge in [0.2, 0.25) is 0 Å². The van der Waals surface area contributed by atoms with Gasteiger partial charge in [-0.1, -0.05) is 18.6 Å². The molecule has 2 heterocycles. The normalized spacial score (nSPS) is 18.2. The lowest BCUT2D eigenvalue weighted by Gasteiger charge is -2.24. The van der Waals surface area contributed by atoms with Crippen molar-refractivity contribution in [1.82, 2.24) is 15.1 Å². The highest BCUT2D eigenvalue weighted by molar-refractivity contribution is 6.00. The Morgan fingerprint density at radius 3 is 2.81 bits per heavy atom. The molecule has 1 aliphatic carbocycles. The third-order valence-electron chi connectivity index (χ3n) is 6.62. The van der Waals surface area contributed by atoms with Gasteiger partial charge in [-0.2, -0.15) is 9.78 Å². The fourth-order valence-corrected chi connectivity index (χ4v) is 4.69. The largest absolute Gasteiger partial charge is 0.490 e. The highest BCUT2D eigenvalue weighted by Gasteiger charge is 2.31. The fraction of sp³-hybridized carbons (Fsp3) is 0.370. The van der Waals surface area contributed by atoms with Crippen molar-refractivity contribution in [3.63, 3.8) is 0 Å². The van der Waals surface area contributed by atoms with E-state index >= 15 is 0 Å². The summed E-state index contributed by atoms with van der Waals surface area (Å²) in [5.74, 6) is 0.634. The van der Waals surface area contributed by atoms with E-state index in [4.69, 9.17) is 9.47 Å². The smallest absolute Gasteiger partial charge is 0.342 e. The molecular weight excluding hydrogens is 463 g/mol. The second kappa shape index (κ2) is 10.4. The monoisotopic (exact) mass is 492 g/mol. The van der Waals surface area contributed by atoms with E-state index in [2.05, 4.69) is 10.4 Å². The molecule has 36 heavy (non-hydrogen) atoms. The number of hydrogen-bond acceptors (Lipinski definition) is 5. The molecule has 1 unspecified atom stereocenters. The zero-order valence-electron chi connectivity index (χ0n) is 20.2. The lowest BCUT2D eigenvalue weighted by molar-refractivity contribution is -0.120. The van der Waals surface area contributed by atoms with E-state index in [1.54, 1.807) is 37.6 Å². The molecule has 188 valence electrons. The topological polar surface area (TPSA) is 85.7 Å². The Kier molecular flexibility index (Phi) is 6.88. The predicted molar refractivity (Wildman–Crippen MR) is 132 cm³/mol. The maximum absolute atomic E-state index is 13.5. The SMILES string of the molecule is CN1C(=O)C(NC(=O)n2cc(Cc3cccc(F)c3)cn2)COc2ccc(OC3CCCCC3)cc21. The molecule has 9 heteroatoms. The third-order valence-corrected chi connectivity index (χ3v) is 6.62. The van der Waals surface area contributed by atoms with E-state index in [1.807, 2.05) is 12.1 Å². The van der Waals surface area contributed by atoms with Crippen LogP contribution in [0.1, 0.15) is 43.2 Å². The Balaban J connectivity index is 1.24. The summed E-state index contributed by atoms with van der Waals surface area (Å²) < 4.78 is 26.6. The quantitative estimate of drug-likeness (QED) is 0.574. The van der Waals surface area contributed by atoms with Crippen LogP contribution in [-0.2, 0) is 11.2 Å². The lowest BCUT2D eigenvalue weighted by Crippen LogP contribution is -2.50. The molecule has 1 atom stereocenters. The van der Waals surface area contributed by atoms with Crippen LogP contribution >= 0.6 is 0 Å². The first-order chi connectivity index (χ1) is 17.5. The van der Waals surface area contributed by atoms with E-state index in [0.717, 1.165) is 28.7 Å². The number of likely N-dealkylation sites (N-methyl/N-ethyl adjacent to an activating group) is 1. The number of anilines is 1. The van der Waals surface area contributed by atoms with Gasteiger partial charge in [0, 0.05) is 25.7 Å². The number of hydrogen-bond donors (Lipinski definition) is 1. The number of carbonyl (C=O) groups excluding carboxylic acids is 2. The Morgan fingerprint density at radius 1 is 1.17 bits per heavy atom. The molecule has 2 aromatic carbocycles. The molecule has 2 aliphatic rings. The molecule has 5 rings (SSSR count). The van der Waals surface area contributed by atoms with E-state index in [0.29, 0.717) is 23.6 Å². The predicted octanol–water partition coefficient (Wildman–Crippen LogP) is 4.31. The number of fused-ring (bicyclic) bond motifs is 1. The molecule has 2 amide bonds. The maximum Gasteiger partial charge on any atom is 0.342 e. The molecule has 1 aliphatic heterocycles. The van der Waals surface area contributed by atoms with Crippen molar-refractivity contribution >= 4 is 17.6 Å². The van der Waals surface area contributed by atoms with Crippen LogP contribution in [0, 0.1) is 5.82 Å². The standard InChI is InChI=1S/C27H29FN4O4/c1-31-24-14-22(36-21-8-3-2-4-9-21)10-11-25(24)35-17-23(26(31)33)30-27(34)32-16-19(15-29-32)12-18-6-5-7-20(28)13-18/h5-7,10-11,13-16,21,23H,2-4,8-9,12,17H2,1H3,(H,30,34). The highest BCUT2D eigenvalue weighted by atomic mass is 19.1. The first-order valence-corrected chi connectivity index (χ1v) is 12.3. The van der Waals surface area contributed by atoms with Crippen LogP contribution in [0.2, 0.25) is 0 Å². The molecule has 0 saturated heterocycles. The van der Waals surface area contributed by atoms with Crippen molar-refractivity contribution in [2.45, 2.75) is 50.7 Å². The van der Waals surface area contributed by atoms with Crippen molar-refractivity contribution in [3.8, 4) is 11.5 Å². The van der Waals surface area contributed by atoms with Gasteiger partial charge < -0.3 is 19.7 Å². The van der Waals surface area contributed by atoms with Gasteiger partial charge in [-0.3, -0.25) is 4.79 Å². The number of nitrogens with zero attached hydrogens (tertiary/aromatic N) is 3. The minimum Gasteiger partial charge on any atom is -0.490 e. The number of aromatic nitrogens is 2. The summed E-state index contributed by atoms with van der Waals surface area (Å²) in [4.78, 5) is 27.5. The number of carbonyl (C=O) groups is 2. The van der Waals surface area contributed by atoms with E-state index < -0.39 is 12.1 Å². The van der Waals surface area contributed by atoms with Gasteiger partial charge in [0.05, 0.1) is 18.0 Å². The molecule has 0 radical (unpaired) electrons. The zero-order valence-corrected chi connectivity index (χ0v) is 20.2. The molecule has 8 nitrogen and oxygen atoms in total. The summed E-state index contributed by atoms with van der Waals surface area (Å²) >= 11 is 0. The van der Waals surface area contributed by atoms with Gasteiger partial charge in [0.25, 0.3) is 5.91 Å². The van der Waals surface area contributed by atoms with Gasteiger partial charge in [0.15, 0.2) is 0 Å². The van der Waals surface area contributed by atoms with Gasteiger partial charge in [-0.15, -0.1) is 0 Å². The third kappa shape index (κ3) is 5.35. The summed E-state index contributed by atoms with van der Waals surface area (Å²) in [6, 6.07) is 10.3. The minimum atomic E-state index is -0.895. The Bertz CT molecular complexity index is 1250. The molecular formula is C27H29FN4O4. The van der Waals surface area contributed by atoms with Crippen molar-refractivity contribution < 1.29 is 23.5 Å². The summed E-state index contributed by atoms with van der Waals surface area (Å²) in [6.07, 6.45) is 9.39. The molecule has 0 bridgehead atoms. The molecule has 0 spiro atoms. The lowest BCUT2D eigenvalue weighted by atomic mass is 9.98. The van der Waals surface area contributed by atoms with Crippen LogP contribution in [0.5, 0.6) is 11.5 Å².